The zero-order valence-electron chi connectivity index (χ0n) is 10.2. The normalized spacial score (nSPS) is 11.1. The predicted octanol–water partition coefficient (Wildman–Crippen LogP) is 1.19. The monoisotopic (exact) mass is 273 g/mol. The maximum absolute atomic E-state index is 11.8. The molecule has 0 heterocycles. The van der Waals surface area contributed by atoms with E-state index in [0.717, 1.165) is 0 Å². The number of carbonyl (C=O) groups is 2. The molecule has 5 nitrogen and oxygen atoms in total. The van der Waals surface area contributed by atoms with Crippen LogP contribution in [0.5, 0.6) is 5.75 Å². The minimum Gasteiger partial charge on any atom is -0.497 e. The number of halogens is 1. The Labute approximate surface area is 112 Å². The molecule has 1 aromatic carbocycles. The lowest BCUT2D eigenvalue weighted by Crippen LogP contribution is -2.40. The summed E-state index contributed by atoms with van der Waals surface area (Å²) in [4.78, 5) is 23.1. The first-order valence-electron chi connectivity index (χ1n) is 5.20. The number of esters is 1. The molecule has 0 spiro atoms. The lowest BCUT2D eigenvalue weighted by Gasteiger charge is -2.09. The van der Waals surface area contributed by atoms with Gasteiger partial charge in [-0.2, -0.15) is 0 Å². The van der Waals surface area contributed by atoms with Crippen LogP contribution in [0.1, 0.15) is 17.3 Å². The summed E-state index contributed by atoms with van der Waals surface area (Å²) >= 11 is 0. The van der Waals surface area contributed by atoms with Gasteiger partial charge >= 0.3 is 5.97 Å². The highest BCUT2D eigenvalue weighted by Crippen LogP contribution is 2.12. The van der Waals surface area contributed by atoms with Gasteiger partial charge in [0, 0.05) is 5.56 Å². The first-order valence-corrected chi connectivity index (χ1v) is 5.20. The number of ether oxygens (including phenoxy) is 2. The third-order valence-electron chi connectivity index (χ3n) is 2.20. The van der Waals surface area contributed by atoms with E-state index < -0.39 is 17.8 Å². The van der Waals surface area contributed by atoms with Crippen LogP contribution in [-0.4, -0.2) is 31.5 Å². The topological polar surface area (TPSA) is 78.6 Å². The van der Waals surface area contributed by atoms with E-state index in [1.165, 1.54) is 7.11 Å². The van der Waals surface area contributed by atoms with Crippen LogP contribution in [0.3, 0.4) is 0 Å². The smallest absolute Gasteiger partial charge is 0.331 e. The van der Waals surface area contributed by atoms with Crippen molar-refractivity contribution in [2.24, 2.45) is 5.73 Å². The zero-order valence-corrected chi connectivity index (χ0v) is 11.0. The summed E-state index contributed by atoms with van der Waals surface area (Å²) in [5.41, 5.74) is 5.85. The van der Waals surface area contributed by atoms with Crippen LogP contribution in [0.25, 0.3) is 0 Å². The van der Waals surface area contributed by atoms with Crippen LogP contribution < -0.4 is 10.5 Å². The first-order chi connectivity index (χ1) is 8.10. The summed E-state index contributed by atoms with van der Waals surface area (Å²) in [7, 11) is 1.53. The van der Waals surface area contributed by atoms with Crippen LogP contribution in [-0.2, 0) is 9.53 Å². The molecule has 0 aliphatic rings. The Morgan fingerprint density at radius 3 is 2.28 bits per heavy atom. The molecule has 0 radical (unpaired) electrons. The summed E-state index contributed by atoms with van der Waals surface area (Å²) in [5, 5.41) is 0. The molecule has 1 atom stereocenters. The summed E-state index contributed by atoms with van der Waals surface area (Å²) in [6.45, 7) is 1.85. The van der Waals surface area contributed by atoms with Crippen molar-refractivity contribution in [3.8, 4) is 5.75 Å². The number of hydrogen-bond donors (Lipinski definition) is 1. The number of carbonyl (C=O) groups excluding carboxylic acids is 2. The highest BCUT2D eigenvalue weighted by molar-refractivity contribution is 6.11. The van der Waals surface area contributed by atoms with E-state index in [2.05, 4.69) is 4.74 Å². The number of hydrogen-bond acceptors (Lipinski definition) is 5. The van der Waals surface area contributed by atoms with Crippen LogP contribution in [0.15, 0.2) is 24.3 Å². The molecule has 18 heavy (non-hydrogen) atoms. The molecule has 6 heteroatoms. The van der Waals surface area contributed by atoms with E-state index in [1.807, 2.05) is 0 Å². The fraction of sp³-hybridized carbons (Fsp3) is 0.333. The number of ketones is 1. The van der Waals surface area contributed by atoms with Crippen molar-refractivity contribution < 1.29 is 19.1 Å². The van der Waals surface area contributed by atoms with E-state index in [-0.39, 0.29) is 19.0 Å². The van der Waals surface area contributed by atoms with Gasteiger partial charge in [-0.1, -0.05) is 0 Å². The maximum atomic E-state index is 11.8. The van der Waals surface area contributed by atoms with Crippen molar-refractivity contribution in [1.82, 2.24) is 0 Å². The second kappa shape index (κ2) is 7.68. The van der Waals surface area contributed by atoms with Crippen molar-refractivity contribution in [3.63, 3.8) is 0 Å². The molecule has 0 saturated carbocycles. The molecule has 0 saturated heterocycles. The summed E-state index contributed by atoms with van der Waals surface area (Å²) in [5.74, 6) is -0.550. The SMILES string of the molecule is CCOC(=O)C(N)C(=O)c1ccc(OC)cc1.Cl. The predicted molar refractivity (Wildman–Crippen MR) is 69.2 cm³/mol. The molecular weight excluding hydrogens is 258 g/mol. The lowest BCUT2D eigenvalue weighted by molar-refractivity contribution is -0.143. The first kappa shape index (κ1) is 16.4. The van der Waals surface area contributed by atoms with Crippen molar-refractivity contribution in [2.45, 2.75) is 13.0 Å². The summed E-state index contributed by atoms with van der Waals surface area (Å²) in [6.07, 6.45) is 0. The van der Waals surface area contributed by atoms with Crippen molar-refractivity contribution >= 4 is 24.2 Å². The van der Waals surface area contributed by atoms with Crippen LogP contribution in [0.2, 0.25) is 0 Å². The average Bonchev–Trinajstić information content (AvgIpc) is 2.37. The van der Waals surface area contributed by atoms with Gasteiger partial charge in [0.2, 0.25) is 0 Å². The van der Waals surface area contributed by atoms with Gasteiger partial charge in [-0.3, -0.25) is 4.79 Å². The molecule has 1 unspecified atom stereocenters. The number of rotatable bonds is 5. The fourth-order valence-electron chi connectivity index (χ4n) is 1.27. The average molecular weight is 274 g/mol. The summed E-state index contributed by atoms with van der Waals surface area (Å²) < 4.78 is 9.64. The van der Waals surface area contributed by atoms with Crippen molar-refractivity contribution in [3.05, 3.63) is 29.8 Å². The van der Waals surface area contributed by atoms with Gasteiger partial charge in [-0.25, -0.2) is 4.79 Å². The van der Waals surface area contributed by atoms with Gasteiger partial charge in [-0.05, 0) is 31.2 Å². The van der Waals surface area contributed by atoms with Gasteiger partial charge in [-0.15, -0.1) is 12.4 Å². The van der Waals surface area contributed by atoms with E-state index in [0.29, 0.717) is 11.3 Å². The second-order valence-corrected chi connectivity index (χ2v) is 3.32. The zero-order chi connectivity index (χ0) is 12.8. The Balaban J connectivity index is 0.00000289. The quantitative estimate of drug-likeness (QED) is 0.495. The van der Waals surface area contributed by atoms with E-state index in [4.69, 9.17) is 10.5 Å². The molecule has 1 aromatic rings. The highest BCUT2D eigenvalue weighted by atomic mass is 35.5. The third-order valence-corrected chi connectivity index (χ3v) is 2.20. The molecule has 2 N–H and O–H groups in total. The largest absolute Gasteiger partial charge is 0.497 e. The van der Waals surface area contributed by atoms with Crippen LogP contribution in [0, 0.1) is 0 Å². The van der Waals surface area contributed by atoms with Gasteiger partial charge in [0.15, 0.2) is 11.8 Å². The molecule has 0 aromatic heterocycles. The standard InChI is InChI=1S/C12H15NO4.ClH/c1-3-17-12(15)10(13)11(14)8-4-6-9(16-2)7-5-8;/h4-7,10H,3,13H2,1-2H3;1H. The maximum Gasteiger partial charge on any atom is 0.331 e. The summed E-state index contributed by atoms with van der Waals surface area (Å²) in [6, 6.07) is 5.10. The minimum absolute atomic E-state index is 0. The van der Waals surface area contributed by atoms with E-state index in [9.17, 15) is 9.59 Å². The van der Waals surface area contributed by atoms with Gasteiger partial charge in [0.1, 0.15) is 5.75 Å². The molecular formula is C12H16ClNO4. The van der Waals surface area contributed by atoms with Gasteiger partial charge in [0.25, 0.3) is 0 Å². The van der Waals surface area contributed by atoms with Crippen LogP contribution >= 0.6 is 12.4 Å². The Kier molecular flexibility index (Phi) is 7.00. The molecule has 100 valence electrons. The Morgan fingerprint density at radius 2 is 1.83 bits per heavy atom. The number of Topliss-reactive ketones (excluding diaryl/α,β-unsaturated/α-hetero) is 1. The fourth-order valence-corrected chi connectivity index (χ4v) is 1.27. The van der Waals surface area contributed by atoms with E-state index >= 15 is 0 Å². The molecule has 1 rings (SSSR count). The molecule has 0 aliphatic heterocycles. The lowest BCUT2D eigenvalue weighted by atomic mass is 10.1. The molecule has 0 aliphatic carbocycles. The highest BCUT2D eigenvalue weighted by Gasteiger charge is 2.24. The molecule has 0 amide bonds. The Bertz CT molecular complexity index is 405. The number of methoxy groups -OCH3 is 1. The minimum atomic E-state index is -1.27. The van der Waals surface area contributed by atoms with Crippen molar-refractivity contribution in [2.75, 3.05) is 13.7 Å². The van der Waals surface area contributed by atoms with Gasteiger partial charge in [0.05, 0.1) is 13.7 Å². The Hall–Kier alpha value is -1.59. The third kappa shape index (κ3) is 4.01. The van der Waals surface area contributed by atoms with Crippen molar-refractivity contribution in [1.29, 1.82) is 0 Å². The van der Waals surface area contributed by atoms with Crippen LogP contribution in [0.4, 0.5) is 0 Å². The Morgan fingerprint density at radius 1 is 1.28 bits per heavy atom. The second-order valence-electron chi connectivity index (χ2n) is 3.32. The molecule has 0 fully saturated rings. The number of nitrogens with two attached hydrogens (primary N) is 1. The molecule has 0 bridgehead atoms. The number of benzene rings is 1. The van der Waals surface area contributed by atoms with Gasteiger partial charge < -0.3 is 15.2 Å². The van der Waals surface area contributed by atoms with E-state index in [1.54, 1.807) is 31.2 Å².